The van der Waals surface area contributed by atoms with Crippen LogP contribution in [0.4, 0.5) is 5.82 Å². The molecule has 1 saturated heterocycles. The maximum Gasteiger partial charge on any atom is 0.227 e. The summed E-state index contributed by atoms with van der Waals surface area (Å²) in [5.41, 5.74) is 0.688. The number of benzene rings is 1. The molecule has 0 unspecified atom stereocenters. The van der Waals surface area contributed by atoms with Crippen LogP contribution in [0.25, 0.3) is 0 Å². The van der Waals surface area contributed by atoms with Crippen molar-refractivity contribution in [1.82, 2.24) is 9.88 Å². The number of amides is 1. The first-order valence-electron chi connectivity index (χ1n) is 7.62. The molecule has 0 spiro atoms. The van der Waals surface area contributed by atoms with E-state index in [4.69, 9.17) is 34.8 Å². The smallest absolute Gasteiger partial charge is 0.227 e. The van der Waals surface area contributed by atoms with Gasteiger partial charge in [-0.2, -0.15) is 0 Å². The lowest BCUT2D eigenvalue weighted by Crippen LogP contribution is -2.49. The molecule has 24 heavy (non-hydrogen) atoms. The molecule has 1 aromatic heterocycles. The van der Waals surface area contributed by atoms with E-state index in [1.54, 1.807) is 24.4 Å². The summed E-state index contributed by atoms with van der Waals surface area (Å²) in [5, 5.41) is 1.67. The highest BCUT2D eigenvalue weighted by molar-refractivity contribution is 6.36. The summed E-state index contributed by atoms with van der Waals surface area (Å²) < 4.78 is 0. The Morgan fingerprint density at radius 2 is 1.67 bits per heavy atom. The number of halogens is 3. The fourth-order valence-corrected chi connectivity index (χ4v) is 3.35. The second-order valence-electron chi connectivity index (χ2n) is 5.58. The highest BCUT2D eigenvalue weighted by Gasteiger charge is 2.23. The monoisotopic (exact) mass is 383 g/mol. The summed E-state index contributed by atoms with van der Waals surface area (Å²) in [6, 6.07) is 8.99. The Balaban J connectivity index is 1.60. The molecule has 1 amide bonds. The van der Waals surface area contributed by atoms with E-state index in [-0.39, 0.29) is 12.3 Å². The normalized spacial score (nSPS) is 14.8. The van der Waals surface area contributed by atoms with Gasteiger partial charge in [0.1, 0.15) is 5.82 Å². The lowest BCUT2D eigenvalue weighted by Gasteiger charge is -2.35. The maximum atomic E-state index is 12.5. The number of carbonyl (C=O) groups excluding carboxylic acids is 1. The highest BCUT2D eigenvalue weighted by Crippen LogP contribution is 2.25. The quantitative estimate of drug-likeness (QED) is 0.804. The molecule has 2 aromatic rings. The van der Waals surface area contributed by atoms with Gasteiger partial charge in [-0.15, -0.1) is 0 Å². The van der Waals surface area contributed by atoms with Crippen LogP contribution in [0.15, 0.2) is 36.5 Å². The molecule has 2 heterocycles. The minimum atomic E-state index is 0.0358. The standard InChI is InChI=1S/C17H16Cl3N3O/c18-12-4-5-16(21-11-12)22-6-8-23(9-7-22)17(24)10-13-14(19)2-1-3-15(13)20/h1-5,11H,6-10H2. The average molecular weight is 385 g/mol. The molecule has 1 aromatic carbocycles. The Bertz CT molecular complexity index is 708. The van der Waals surface area contributed by atoms with Crippen LogP contribution in [0, 0.1) is 0 Å². The summed E-state index contributed by atoms with van der Waals surface area (Å²) in [6.07, 6.45) is 1.85. The number of carbonyl (C=O) groups is 1. The number of nitrogens with zero attached hydrogens (tertiary/aromatic N) is 3. The number of pyridine rings is 1. The van der Waals surface area contributed by atoms with Crippen molar-refractivity contribution in [2.75, 3.05) is 31.1 Å². The van der Waals surface area contributed by atoms with Crippen LogP contribution < -0.4 is 4.90 Å². The third-order valence-electron chi connectivity index (χ3n) is 4.06. The fraction of sp³-hybridized carbons (Fsp3) is 0.294. The molecule has 1 aliphatic rings. The second-order valence-corrected chi connectivity index (χ2v) is 6.83. The number of rotatable bonds is 3. The Hall–Kier alpha value is -1.49. The zero-order valence-electron chi connectivity index (χ0n) is 12.9. The molecule has 3 rings (SSSR count). The Morgan fingerprint density at radius 1 is 1.00 bits per heavy atom. The second kappa shape index (κ2) is 7.60. The average Bonchev–Trinajstić information content (AvgIpc) is 2.59. The van der Waals surface area contributed by atoms with Crippen LogP contribution in [0.1, 0.15) is 5.56 Å². The number of aromatic nitrogens is 1. The van der Waals surface area contributed by atoms with Crippen LogP contribution >= 0.6 is 34.8 Å². The summed E-state index contributed by atoms with van der Waals surface area (Å²) >= 11 is 18.2. The van der Waals surface area contributed by atoms with E-state index in [1.165, 1.54) is 0 Å². The van der Waals surface area contributed by atoms with Crippen molar-refractivity contribution in [2.24, 2.45) is 0 Å². The zero-order valence-corrected chi connectivity index (χ0v) is 15.2. The van der Waals surface area contributed by atoms with Crippen molar-refractivity contribution in [3.05, 3.63) is 57.2 Å². The van der Waals surface area contributed by atoms with E-state index in [9.17, 15) is 4.79 Å². The molecule has 1 fully saturated rings. The van der Waals surface area contributed by atoms with E-state index < -0.39 is 0 Å². The van der Waals surface area contributed by atoms with Crippen LogP contribution in [-0.2, 0) is 11.2 Å². The molecule has 1 aliphatic heterocycles. The van der Waals surface area contributed by atoms with E-state index in [0.717, 1.165) is 18.9 Å². The Morgan fingerprint density at radius 3 is 2.25 bits per heavy atom. The van der Waals surface area contributed by atoms with Crippen LogP contribution in [-0.4, -0.2) is 42.0 Å². The van der Waals surface area contributed by atoms with Gasteiger partial charge in [0.15, 0.2) is 0 Å². The zero-order chi connectivity index (χ0) is 17.1. The van der Waals surface area contributed by atoms with Gasteiger partial charge in [-0.3, -0.25) is 4.79 Å². The van der Waals surface area contributed by atoms with Crippen molar-refractivity contribution in [3.8, 4) is 0 Å². The minimum Gasteiger partial charge on any atom is -0.353 e. The molecule has 0 radical (unpaired) electrons. The number of anilines is 1. The largest absolute Gasteiger partial charge is 0.353 e. The lowest BCUT2D eigenvalue weighted by atomic mass is 10.1. The van der Waals surface area contributed by atoms with Gasteiger partial charge in [0.25, 0.3) is 0 Å². The molecule has 0 aliphatic carbocycles. The van der Waals surface area contributed by atoms with Crippen molar-refractivity contribution in [3.63, 3.8) is 0 Å². The molecular formula is C17H16Cl3N3O. The van der Waals surface area contributed by atoms with Crippen LogP contribution in [0.2, 0.25) is 15.1 Å². The van der Waals surface area contributed by atoms with Crippen molar-refractivity contribution in [2.45, 2.75) is 6.42 Å². The Kier molecular flexibility index (Phi) is 5.49. The van der Waals surface area contributed by atoms with Crippen LogP contribution in [0.5, 0.6) is 0 Å². The van der Waals surface area contributed by atoms with E-state index in [0.29, 0.717) is 33.7 Å². The van der Waals surface area contributed by atoms with E-state index in [1.807, 2.05) is 17.0 Å². The van der Waals surface area contributed by atoms with Gasteiger partial charge in [0.05, 0.1) is 11.4 Å². The number of hydrogen-bond donors (Lipinski definition) is 0. The molecule has 0 N–H and O–H groups in total. The number of piperazine rings is 1. The lowest BCUT2D eigenvalue weighted by molar-refractivity contribution is -0.130. The predicted molar refractivity (Wildman–Crippen MR) is 98.2 cm³/mol. The topological polar surface area (TPSA) is 36.4 Å². The third-order valence-corrected chi connectivity index (χ3v) is 4.99. The van der Waals surface area contributed by atoms with Gasteiger partial charge in [-0.25, -0.2) is 4.98 Å². The highest BCUT2D eigenvalue weighted by atomic mass is 35.5. The minimum absolute atomic E-state index is 0.0358. The van der Waals surface area contributed by atoms with Crippen molar-refractivity contribution < 1.29 is 4.79 Å². The van der Waals surface area contributed by atoms with Gasteiger partial charge in [-0.05, 0) is 29.8 Å². The Labute approximate surface area is 155 Å². The van der Waals surface area contributed by atoms with E-state index in [2.05, 4.69) is 9.88 Å². The molecule has 7 heteroatoms. The first-order valence-corrected chi connectivity index (χ1v) is 8.75. The van der Waals surface area contributed by atoms with Crippen LogP contribution in [0.3, 0.4) is 0 Å². The summed E-state index contributed by atoms with van der Waals surface area (Å²) in [6.45, 7) is 2.75. The first kappa shape index (κ1) is 17.3. The van der Waals surface area contributed by atoms with Gasteiger partial charge >= 0.3 is 0 Å². The van der Waals surface area contributed by atoms with Crippen molar-refractivity contribution in [1.29, 1.82) is 0 Å². The van der Waals surface area contributed by atoms with Gasteiger partial charge in [0.2, 0.25) is 5.91 Å². The number of hydrogen-bond acceptors (Lipinski definition) is 3. The predicted octanol–water partition coefficient (Wildman–Crippen LogP) is 3.93. The SMILES string of the molecule is O=C(Cc1c(Cl)cccc1Cl)N1CCN(c2ccc(Cl)cn2)CC1. The summed E-state index contributed by atoms with van der Waals surface area (Å²) in [5.74, 6) is 0.911. The summed E-state index contributed by atoms with van der Waals surface area (Å²) in [7, 11) is 0. The molecule has 0 saturated carbocycles. The van der Waals surface area contributed by atoms with Gasteiger partial charge in [0, 0.05) is 42.4 Å². The third kappa shape index (κ3) is 3.94. The molecule has 0 bridgehead atoms. The van der Waals surface area contributed by atoms with E-state index >= 15 is 0 Å². The van der Waals surface area contributed by atoms with Gasteiger partial charge < -0.3 is 9.80 Å². The van der Waals surface area contributed by atoms with Crippen molar-refractivity contribution >= 4 is 46.5 Å². The first-order chi connectivity index (χ1) is 11.5. The molecule has 4 nitrogen and oxygen atoms in total. The summed E-state index contributed by atoms with van der Waals surface area (Å²) in [4.78, 5) is 20.8. The molecule has 126 valence electrons. The maximum absolute atomic E-state index is 12.5. The fourth-order valence-electron chi connectivity index (χ4n) is 2.70. The molecular weight excluding hydrogens is 369 g/mol. The van der Waals surface area contributed by atoms with Gasteiger partial charge in [-0.1, -0.05) is 40.9 Å². The molecule has 0 atom stereocenters.